The van der Waals surface area contributed by atoms with E-state index in [0.717, 1.165) is 27.8 Å². The molecule has 46 heavy (non-hydrogen) atoms. The van der Waals surface area contributed by atoms with Gasteiger partial charge >= 0.3 is 0 Å². The average molecular weight is 621 g/mol. The van der Waals surface area contributed by atoms with E-state index in [1.165, 1.54) is 4.90 Å². The molecule has 238 valence electrons. The zero-order valence-electron chi connectivity index (χ0n) is 26.3. The highest BCUT2D eigenvalue weighted by Crippen LogP contribution is 2.42. The van der Waals surface area contributed by atoms with Crippen LogP contribution in [0.5, 0.6) is 0 Å². The summed E-state index contributed by atoms with van der Waals surface area (Å²) in [6.07, 6.45) is -1.83. The van der Waals surface area contributed by atoms with Crippen molar-refractivity contribution in [1.82, 2.24) is 9.80 Å². The smallest absolute Gasteiger partial charge is 0.261 e. The topological polar surface area (TPSA) is 99.5 Å². The van der Waals surface area contributed by atoms with Gasteiger partial charge in [0, 0.05) is 24.1 Å². The fraction of sp³-hybridized carbons (Fsp3) is 0.316. The molecule has 0 spiro atoms. The molecule has 2 N–H and O–H groups in total. The average Bonchev–Trinajstić information content (AvgIpc) is 3.34. The number of carbonyl (C=O) groups excluding carboxylic acids is 2. The third-order valence-electron chi connectivity index (χ3n) is 9.36. The van der Waals surface area contributed by atoms with Crippen molar-refractivity contribution in [3.05, 3.63) is 142 Å². The third-order valence-corrected chi connectivity index (χ3v) is 9.36. The lowest BCUT2D eigenvalue weighted by atomic mass is 9.89. The number of rotatable bonds is 10. The summed E-state index contributed by atoms with van der Waals surface area (Å²) in [6, 6.07) is 31.8. The molecule has 8 nitrogen and oxygen atoms in total. The molecular weight excluding hydrogens is 580 g/mol. The zero-order chi connectivity index (χ0) is 32.4. The first-order chi connectivity index (χ1) is 22.2. The van der Waals surface area contributed by atoms with Gasteiger partial charge in [-0.2, -0.15) is 0 Å². The van der Waals surface area contributed by atoms with Crippen molar-refractivity contribution in [3.8, 4) is 0 Å². The van der Waals surface area contributed by atoms with Gasteiger partial charge in [-0.05, 0) is 48.4 Å². The molecule has 2 heterocycles. The third kappa shape index (κ3) is 6.40. The molecule has 2 aliphatic heterocycles. The number of aliphatic hydroxyl groups excluding tert-OH is 2. The molecule has 1 fully saturated rings. The number of benzene rings is 4. The maximum Gasteiger partial charge on any atom is 0.261 e. The fourth-order valence-corrected chi connectivity index (χ4v) is 6.29. The molecule has 4 aromatic rings. The molecule has 0 aromatic heterocycles. The Kier molecular flexibility index (Phi) is 9.44. The highest BCUT2D eigenvalue weighted by atomic mass is 16.7. The van der Waals surface area contributed by atoms with Crippen molar-refractivity contribution in [2.24, 2.45) is 5.92 Å². The van der Waals surface area contributed by atoms with Crippen LogP contribution in [0, 0.1) is 5.92 Å². The molecule has 0 radical (unpaired) electrons. The SMILES string of the molecule is C[C@@H]1[C@H](CN(C)[C@H](C)[C@@H](O)c2ccccc2)O[C@H](c2ccc(CN3C(=O)c4ccccc4C3=O)cc2)O[C@@H]1c1ccc(CO)cc1. The van der Waals surface area contributed by atoms with E-state index in [2.05, 4.69) is 11.8 Å². The number of hydrogen-bond donors (Lipinski definition) is 2. The minimum atomic E-state index is -0.667. The normalized spacial score (nSPS) is 22.6. The largest absolute Gasteiger partial charge is 0.392 e. The predicted octanol–water partition coefficient (Wildman–Crippen LogP) is 5.82. The second-order valence-electron chi connectivity index (χ2n) is 12.3. The molecule has 2 aliphatic rings. The van der Waals surface area contributed by atoms with Gasteiger partial charge in [0.1, 0.15) is 0 Å². The van der Waals surface area contributed by atoms with E-state index in [9.17, 15) is 19.8 Å². The number of imide groups is 1. The number of likely N-dealkylation sites (N-methyl/N-ethyl adjacent to an activating group) is 1. The van der Waals surface area contributed by atoms with Crippen LogP contribution < -0.4 is 0 Å². The van der Waals surface area contributed by atoms with Crippen molar-refractivity contribution < 1.29 is 29.3 Å². The van der Waals surface area contributed by atoms with Gasteiger partial charge < -0.3 is 19.7 Å². The Balaban J connectivity index is 1.21. The summed E-state index contributed by atoms with van der Waals surface area (Å²) in [5, 5.41) is 20.7. The molecule has 0 bridgehead atoms. The summed E-state index contributed by atoms with van der Waals surface area (Å²) in [5.41, 5.74) is 5.19. The van der Waals surface area contributed by atoms with Crippen molar-refractivity contribution >= 4 is 11.8 Å². The summed E-state index contributed by atoms with van der Waals surface area (Å²) in [6.45, 7) is 4.83. The Morgan fingerprint density at radius 2 is 1.35 bits per heavy atom. The Bertz CT molecular complexity index is 1620. The van der Waals surface area contributed by atoms with Crippen LogP contribution in [0.25, 0.3) is 0 Å². The van der Waals surface area contributed by atoms with Gasteiger partial charge in [0.15, 0.2) is 6.29 Å². The van der Waals surface area contributed by atoms with Crippen LogP contribution in [0.4, 0.5) is 0 Å². The van der Waals surface area contributed by atoms with E-state index in [-0.39, 0.29) is 49.1 Å². The van der Waals surface area contributed by atoms with Gasteiger partial charge in [0.2, 0.25) is 0 Å². The van der Waals surface area contributed by atoms with E-state index in [0.29, 0.717) is 17.7 Å². The highest BCUT2D eigenvalue weighted by Gasteiger charge is 2.40. The summed E-state index contributed by atoms with van der Waals surface area (Å²) >= 11 is 0. The van der Waals surface area contributed by atoms with E-state index in [1.54, 1.807) is 24.3 Å². The quantitative estimate of drug-likeness (QED) is 0.216. The van der Waals surface area contributed by atoms with Gasteiger partial charge in [-0.15, -0.1) is 0 Å². The molecule has 2 amide bonds. The number of ether oxygens (including phenoxy) is 2. The van der Waals surface area contributed by atoms with E-state index in [4.69, 9.17) is 9.47 Å². The molecule has 1 saturated heterocycles. The van der Waals surface area contributed by atoms with Crippen molar-refractivity contribution in [3.63, 3.8) is 0 Å². The lowest BCUT2D eigenvalue weighted by Gasteiger charge is -2.43. The second kappa shape index (κ2) is 13.7. The number of fused-ring (bicyclic) bond motifs is 1. The van der Waals surface area contributed by atoms with E-state index < -0.39 is 12.4 Å². The molecule has 0 unspecified atom stereocenters. The summed E-state index contributed by atoms with van der Waals surface area (Å²) in [4.78, 5) is 29.2. The van der Waals surface area contributed by atoms with Crippen LogP contribution in [-0.4, -0.2) is 57.6 Å². The van der Waals surface area contributed by atoms with Crippen LogP contribution in [0.2, 0.25) is 0 Å². The standard InChI is InChI=1S/C38H40N2O6/c1-24-33(22-39(3)25(2)34(42)28-9-5-4-6-10-28)45-38(46-35(24)29-17-15-27(23-41)16-18-29)30-19-13-26(14-20-30)21-40-36(43)31-11-7-8-12-32(31)37(40)44/h4-20,24-25,33-35,38,41-42H,21-23H2,1-3H3/t24-,25-,33+,34-,35+,38+/m1/s1. The van der Waals surface area contributed by atoms with E-state index in [1.807, 2.05) is 92.8 Å². The molecule has 6 rings (SSSR count). The lowest BCUT2D eigenvalue weighted by Crippen LogP contribution is -2.46. The summed E-state index contributed by atoms with van der Waals surface area (Å²) in [5.74, 6) is -0.592. The fourth-order valence-electron chi connectivity index (χ4n) is 6.29. The first-order valence-electron chi connectivity index (χ1n) is 15.7. The Morgan fingerprint density at radius 1 is 0.783 bits per heavy atom. The van der Waals surface area contributed by atoms with Gasteiger partial charge in [-0.25, -0.2) is 0 Å². The molecule has 4 aromatic carbocycles. The number of aliphatic hydroxyl groups is 2. The zero-order valence-corrected chi connectivity index (χ0v) is 26.3. The van der Waals surface area contributed by atoms with Crippen LogP contribution in [0.1, 0.15) is 80.9 Å². The van der Waals surface area contributed by atoms with Crippen LogP contribution in [-0.2, 0) is 22.6 Å². The van der Waals surface area contributed by atoms with Gasteiger partial charge in [-0.3, -0.25) is 19.4 Å². The van der Waals surface area contributed by atoms with Crippen LogP contribution >= 0.6 is 0 Å². The number of hydrogen-bond acceptors (Lipinski definition) is 7. The Hall–Kier alpha value is -4.18. The summed E-state index contributed by atoms with van der Waals surface area (Å²) < 4.78 is 13.2. The Labute approximate surface area is 269 Å². The number of carbonyl (C=O) groups is 2. The highest BCUT2D eigenvalue weighted by molar-refractivity contribution is 6.21. The van der Waals surface area contributed by atoms with E-state index >= 15 is 0 Å². The molecule has 8 heteroatoms. The summed E-state index contributed by atoms with van der Waals surface area (Å²) in [7, 11) is 2.00. The minimum Gasteiger partial charge on any atom is -0.392 e. The van der Waals surface area contributed by atoms with Crippen molar-refractivity contribution in [1.29, 1.82) is 0 Å². The first-order valence-corrected chi connectivity index (χ1v) is 15.7. The minimum absolute atomic E-state index is 0.0205. The maximum absolute atomic E-state index is 12.9. The predicted molar refractivity (Wildman–Crippen MR) is 174 cm³/mol. The maximum atomic E-state index is 12.9. The van der Waals surface area contributed by atoms with Crippen molar-refractivity contribution in [2.45, 2.75) is 57.6 Å². The van der Waals surface area contributed by atoms with Crippen LogP contribution in [0.15, 0.2) is 103 Å². The Morgan fingerprint density at radius 3 is 1.96 bits per heavy atom. The number of amides is 2. The first kappa shape index (κ1) is 31.8. The monoisotopic (exact) mass is 620 g/mol. The van der Waals surface area contributed by atoms with Gasteiger partial charge in [-0.1, -0.05) is 97.9 Å². The molecule has 0 aliphatic carbocycles. The molecule has 0 saturated carbocycles. The number of nitrogens with zero attached hydrogens (tertiary/aromatic N) is 2. The van der Waals surface area contributed by atoms with Crippen molar-refractivity contribution in [2.75, 3.05) is 13.6 Å². The lowest BCUT2D eigenvalue weighted by molar-refractivity contribution is -0.276. The van der Waals surface area contributed by atoms with Gasteiger partial charge in [0.25, 0.3) is 11.8 Å². The molecular formula is C38H40N2O6. The van der Waals surface area contributed by atoms with Crippen LogP contribution in [0.3, 0.4) is 0 Å². The van der Waals surface area contributed by atoms with Gasteiger partial charge in [0.05, 0.1) is 42.6 Å². The second-order valence-corrected chi connectivity index (χ2v) is 12.3. The molecule has 6 atom stereocenters.